The SMILES string of the molecule is CN=C(NCc1ccoc1)NCC1CCN(S(C)(=O)=O)CC1.I. The molecule has 2 heterocycles. The molecule has 0 bridgehead atoms. The lowest BCUT2D eigenvalue weighted by atomic mass is 9.98. The Labute approximate surface area is 155 Å². The molecule has 1 aliphatic heterocycles. The maximum Gasteiger partial charge on any atom is 0.211 e. The van der Waals surface area contributed by atoms with E-state index in [4.69, 9.17) is 4.42 Å². The van der Waals surface area contributed by atoms with Crippen molar-refractivity contribution in [1.29, 1.82) is 0 Å². The quantitative estimate of drug-likeness (QED) is 0.396. The number of nitrogens with one attached hydrogen (secondary N) is 2. The van der Waals surface area contributed by atoms with Crippen LogP contribution in [0.15, 0.2) is 28.0 Å². The highest BCUT2D eigenvalue weighted by molar-refractivity contribution is 14.0. The summed E-state index contributed by atoms with van der Waals surface area (Å²) in [4.78, 5) is 4.18. The number of piperidine rings is 1. The van der Waals surface area contributed by atoms with Crippen molar-refractivity contribution < 1.29 is 12.8 Å². The Bertz CT molecular complexity index is 581. The molecule has 0 atom stereocenters. The van der Waals surface area contributed by atoms with Crippen LogP contribution in [0.2, 0.25) is 0 Å². The monoisotopic (exact) mass is 456 g/mol. The van der Waals surface area contributed by atoms with Crippen molar-refractivity contribution in [3.63, 3.8) is 0 Å². The average Bonchev–Trinajstić information content (AvgIpc) is 3.00. The molecule has 0 aromatic carbocycles. The minimum atomic E-state index is -3.05. The van der Waals surface area contributed by atoms with Crippen LogP contribution in [0.25, 0.3) is 0 Å². The third kappa shape index (κ3) is 6.68. The Morgan fingerprint density at radius 2 is 2.09 bits per heavy atom. The maximum absolute atomic E-state index is 11.5. The molecular weight excluding hydrogens is 431 g/mol. The normalized spacial score (nSPS) is 17.6. The number of guanidine groups is 1. The second-order valence-electron chi connectivity index (χ2n) is 5.54. The topological polar surface area (TPSA) is 86.9 Å². The van der Waals surface area contributed by atoms with Gasteiger partial charge in [0.2, 0.25) is 10.0 Å². The van der Waals surface area contributed by atoms with Crippen LogP contribution in [0.5, 0.6) is 0 Å². The van der Waals surface area contributed by atoms with Crippen molar-refractivity contribution in [3.05, 3.63) is 24.2 Å². The minimum absolute atomic E-state index is 0. The van der Waals surface area contributed by atoms with Crippen LogP contribution >= 0.6 is 24.0 Å². The van der Waals surface area contributed by atoms with Gasteiger partial charge in [-0.3, -0.25) is 4.99 Å². The molecule has 0 radical (unpaired) electrons. The summed E-state index contributed by atoms with van der Waals surface area (Å²) in [6.07, 6.45) is 6.36. The standard InChI is InChI=1S/C14H24N4O3S.HI/c1-15-14(17-10-13-5-8-21-11-13)16-9-12-3-6-18(7-4-12)22(2,19)20;/h5,8,11-12H,3-4,6-7,9-10H2,1-2H3,(H2,15,16,17);1H. The van der Waals surface area contributed by atoms with Gasteiger partial charge in [-0.15, -0.1) is 24.0 Å². The Kier molecular flexibility index (Phi) is 8.34. The lowest BCUT2D eigenvalue weighted by molar-refractivity contribution is 0.275. The van der Waals surface area contributed by atoms with Gasteiger partial charge in [0, 0.05) is 38.8 Å². The number of sulfonamides is 1. The Hall–Kier alpha value is -0.810. The molecule has 2 N–H and O–H groups in total. The number of hydrogen-bond acceptors (Lipinski definition) is 4. The lowest BCUT2D eigenvalue weighted by Crippen LogP contribution is -2.43. The van der Waals surface area contributed by atoms with Crippen molar-refractivity contribution >= 4 is 40.0 Å². The second kappa shape index (κ2) is 9.48. The Morgan fingerprint density at radius 1 is 1.39 bits per heavy atom. The predicted molar refractivity (Wildman–Crippen MR) is 101 cm³/mol. The molecule has 1 aliphatic rings. The van der Waals surface area contributed by atoms with E-state index >= 15 is 0 Å². The van der Waals surface area contributed by atoms with Crippen LogP contribution < -0.4 is 10.6 Å². The number of hydrogen-bond donors (Lipinski definition) is 2. The Balaban J connectivity index is 0.00000264. The first-order valence-corrected chi connectivity index (χ1v) is 9.24. The summed E-state index contributed by atoms with van der Waals surface area (Å²) < 4.78 is 29.5. The molecule has 132 valence electrons. The van der Waals surface area contributed by atoms with Crippen LogP contribution in [-0.2, 0) is 16.6 Å². The highest BCUT2D eigenvalue weighted by Gasteiger charge is 2.24. The van der Waals surface area contributed by atoms with Gasteiger partial charge in [0.1, 0.15) is 0 Å². The molecular formula is C14H25IN4O3S. The first kappa shape index (κ1) is 20.2. The number of halogens is 1. The largest absolute Gasteiger partial charge is 0.472 e. The van der Waals surface area contributed by atoms with Gasteiger partial charge in [-0.25, -0.2) is 12.7 Å². The predicted octanol–water partition coefficient (Wildman–Crippen LogP) is 1.23. The molecule has 23 heavy (non-hydrogen) atoms. The molecule has 1 saturated heterocycles. The fourth-order valence-corrected chi connectivity index (χ4v) is 3.36. The van der Waals surface area contributed by atoms with Gasteiger partial charge in [0.05, 0.1) is 18.8 Å². The van der Waals surface area contributed by atoms with Crippen molar-refractivity contribution in [2.75, 3.05) is 32.9 Å². The fraction of sp³-hybridized carbons (Fsp3) is 0.643. The number of nitrogens with zero attached hydrogens (tertiary/aromatic N) is 2. The first-order valence-electron chi connectivity index (χ1n) is 7.39. The smallest absolute Gasteiger partial charge is 0.211 e. The summed E-state index contributed by atoms with van der Waals surface area (Å²) >= 11 is 0. The van der Waals surface area contributed by atoms with E-state index in [1.54, 1.807) is 23.9 Å². The van der Waals surface area contributed by atoms with E-state index in [-0.39, 0.29) is 24.0 Å². The Morgan fingerprint density at radius 3 is 2.61 bits per heavy atom. The van der Waals surface area contributed by atoms with Gasteiger partial charge >= 0.3 is 0 Å². The van der Waals surface area contributed by atoms with Crippen LogP contribution in [-0.4, -0.2) is 51.6 Å². The third-order valence-corrected chi connectivity index (χ3v) is 5.17. The van der Waals surface area contributed by atoms with E-state index in [0.29, 0.717) is 25.6 Å². The molecule has 1 aromatic heterocycles. The van der Waals surface area contributed by atoms with Crippen molar-refractivity contribution in [1.82, 2.24) is 14.9 Å². The number of rotatable bonds is 5. The lowest BCUT2D eigenvalue weighted by Gasteiger charge is -2.30. The molecule has 0 aliphatic carbocycles. The summed E-state index contributed by atoms with van der Waals surface area (Å²) in [7, 11) is -1.32. The van der Waals surface area contributed by atoms with Crippen molar-refractivity contribution in [3.8, 4) is 0 Å². The minimum Gasteiger partial charge on any atom is -0.472 e. The van der Waals surface area contributed by atoms with Crippen molar-refractivity contribution in [2.45, 2.75) is 19.4 Å². The summed E-state index contributed by atoms with van der Waals surface area (Å²) in [5.41, 5.74) is 1.06. The average molecular weight is 456 g/mol. The molecule has 9 heteroatoms. The molecule has 7 nitrogen and oxygen atoms in total. The molecule has 2 rings (SSSR count). The van der Waals surface area contributed by atoms with Gasteiger partial charge in [-0.1, -0.05) is 0 Å². The fourth-order valence-electron chi connectivity index (χ4n) is 2.49. The zero-order chi connectivity index (χ0) is 16.0. The molecule has 0 saturated carbocycles. The number of furan rings is 1. The van der Waals surface area contributed by atoms with Crippen LogP contribution in [0.3, 0.4) is 0 Å². The van der Waals surface area contributed by atoms with Crippen LogP contribution in [0, 0.1) is 5.92 Å². The highest BCUT2D eigenvalue weighted by atomic mass is 127. The molecule has 0 unspecified atom stereocenters. The van der Waals surface area contributed by atoms with E-state index in [0.717, 1.165) is 30.9 Å². The second-order valence-corrected chi connectivity index (χ2v) is 7.53. The maximum atomic E-state index is 11.5. The molecule has 1 aromatic rings. The molecule has 0 amide bonds. The van der Waals surface area contributed by atoms with Gasteiger partial charge in [0.25, 0.3) is 0 Å². The molecule has 0 spiro atoms. The van der Waals surface area contributed by atoms with E-state index < -0.39 is 10.0 Å². The zero-order valence-corrected chi connectivity index (χ0v) is 16.6. The van der Waals surface area contributed by atoms with E-state index in [1.165, 1.54) is 6.26 Å². The summed E-state index contributed by atoms with van der Waals surface area (Å²) in [6.45, 7) is 2.66. The van der Waals surface area contributed by atoms with Crippen LogP contribution in [0.1, 0.15) is 18.4 Å². The van der Waals surface area contributed by atoms with Gasteiger partial charge < -0.3 is 15.1 Å². The van der Waals surface area contributed by atoms with E-state index in [1.807, 2.05) is 6.07 Å². The summed E-state index contributed by atoms with van der Waals surface area (Å²) in [5.74, 6) is 1.21. The van der Waals surface area contributed by atoms with Gasteiger partial charge in [0.15, 0.2) is 5.96 Å². The number of aliphatic imine (C=N–C) groups is 1. The highest BCUT2D eigenvalue weighted by Crippen LogP contribution is 2.18. The van der Waals surface area contributed by atoms with E-state index in [2.05, 4.69) is 15.6 Å². The summed E-state index contributed by atoms with van der Waals surface area (Å²) in [6, 6.07) is 1.90. The first-order chi connectivity index (χ1) is 10.5. The van der Waals surface area contributed by atoms with Gasteiger partial charge in [-0.05, 0) is 24.8 Å². The van der Waals surface area contributed by atoms with Crippen molar-refractivity contribution in [2.24, 2.45) is 10.9 Å². The summed E-state index contributed by atoms with van der Waals surface area (Å²) in [5, 5.41) is 6.51. The van der Waals surface area contributed by atoms with Crippen LogP contribution in [0.4, 0.5) is 0 Å². The van der Waals surface area contributed by atoms with Gasteiger partial charge in [-0.2, -0.15) is 0 Å². The molecule has 1 fully saturated rings. The zero-order valence-electron chi connectivity index (χ0n) is 13.5. The van der Waals surface area contributed by atoms with E-state index in [9.17, 15) is 8.42 Å². The third-order valence-electron chi connectivity index (χ3n) is 3.86.